The van der Waals surface area contributed by atoms with Crippen molar-refractivity contribution in [1.29, 1.82) is 0 Å². The number of carbonyl (C=O) groups is 8. The van der Waals surface area contributed by atoms with Crippen molar-refractivity contribution >= 4 is 53.3 Å². The first-order valence-electron chi connectivity index (χ1n) is 17.5. The highest BCUT2D eigenvalue weighted by Gasteiger charge is 2.41. The highest BCUT2D eigenvalue weighted by Crippen LogP contribution is 2.21. The van der Waals surface area contributed by atoms with E-state index in [4.69, 9.17) is 17.2 Å². The lowest BCUT2D eigenvalue weighted by atomic mass is 10.0. The van der Waals surface area contributed by atoms with Gasteiger partial charge in [0.1, 0.15) is 36.3 Å². The molecule has 13 N–H and O–H groups in total. The number of carbonyl (C=O) groups excluding carboxylic acids is 6. The average Bonchev–Trinajstić information content (AvgIpc) is 3.55. The Morgan fingerprint density at radius 2 is 1.27 bits per heavy atom. The molecule has 52 heavy (non-hydrogen) atoms. The van der Waals surface area contributed by atoms with E-state index in [9.17, 15) is 48.6 Å². The van der Waals surface area contributed by atoms with Gasteiger partial charge in [0.05, 0.1) is 6.42 Å². The predicted octanol–water partition coefficient (Wildman–Crippen LogP) is -3.02. The molecule has 2 saturated heterocycles. The number of guanidine groups is 1. The van der Waals surface area contributed by atoms with Crippen LogP contribution in [0.25, 0.3) is 0 Å². The van der Waals surface area contributed by atoms with Crippen LogP contribution < -0.4 is 43.8 Å². The monoisotopic (exact) mass is 738 g/mol. The van der Waals surface area contributed by atoms with Crippen molar-refractivity contribution in [2.45, 2.75) is 121 Å². The first-order valence-corrected chi connectivity index (χ1v) is 17.5. The van der Waals surface area contributed by atoms with Gasteiger partial charge in [0.2, 0.25) is 35.4 Å². The molecule has 2 heterocycles. The zero-order valence-corrected chi connectivity index (χ0v) is 29.7. The minimum absolute atomic E-state index is 0.0497. The molecule has 0 aliphatic carbocycles. The van der Waals surface area contributed by atoms with Crippen LogP contribution in [0.2, 0.25) is 0 Å². The minimum Gasteiger partial charge on any atom is -0.481 e. The molecule has 0 aromatic carbocycles. The number of nitrogens with zero attached hydrogens (tertiary/aromatic N) is 2. The van der Waals surface area contributed by atoms with Gasteiger partial charge in [0.15, 0.2) is 5.96 Å². The summed E-state index contributed by atoms with van der Waals surface area (Å²) in [6.45, 7) is 4.09. The molecule has 0 aromatic heterocycles. The summed E-state index contributed by atoms with van der Waals surface area (Å²) >= 11 is 0. The first-order chi connectivity index (χ1) is 24.5. The van der Waals surface area contributed by atoms with E-state index in [-0.39, 0.29) is 57.1 Å². The van der Waals surface area contributed by atoms with Crippen molar-refractivity contribution in [3.63, 3.8) is 0 Å². The molecule has 0 aromatic rings. The van der Waals surface area contributed by atoms with Crippen LogP contribution in [0.3, 0.4) is 0 Å². The standard InChI is InChI=1S/C32H54N10O10/c1-17(2)15-21-29(50)38-18(7-3-4-12-33)26(47)37-19(8-5-13-36-32(34)35)27(48)39-20(10-11-24(43)44)28(49)41-22(16-25(45)46)31(52)42-14-6-9-23(42)30(51)40-21/h17-23H,3-16,33H2,1-2H3,(H,37,47)(H,38,50)(H,39,48)(H,40,51)(H,41,49)(H,43,44)(H,45,46)(H4,34,35,36)/t18-,19-,20-,21-,22-,23-/m0/s1. The number of nitrogens with one attached hydrogen (secondary N) is 5. The van der Waals surface area contributed by atoms with Gasteiger partial charge in [-0.3, -0.25) is 43.3 Å². The fourth-order valence-electron chi connectivity index (χ4n) is 6.01. The van der Waals surface area contributed by atoms with E-state index in [0.717, 1.165) is 4.90 Å². The second kappa shape index (κ2) is 21.4. The lowest BCUT2D eigenvalue weighted by Crippen LogP contribution is -2.61. The van der Waals surface area contributed by atoms with Gasteiger partial charge >= 0.3 is 11.9 Å². The van der Waals surface area contributed by atoms with Crippen LogP contribution in [-0.4, -0.2) is 124 Å². The topological polar surface area (TPSA) is 331 Å². The quantitative estimate of drug-likeness (QED) is 0.0455. The summed E-state index contributed by atoms with van der Waals surface area (Å²) in [6, 6.07) is -8.03. The van der Waals surface area contributed by atoms with Gasteiger partial charge in [-0.1, -0.05) is 13.8 Å². The number of fused-ring (bicyclic) bond motifs is 1. The summed E-state index contributed by atoms with van der Waals surface area (Å²) in [5.41, 5.74) is 16.5. The Labute approximate surface area is 301 Å². The molecule has 6 amide bonds. The van der Waals surface area contributed by atoms with Crippen LogP contribution in [0.4, 0.5) is 0 Å². The maximum Gasteiger partial charge on any atom is 0.305 e. The van der Waals surface area contributed by atoms with Crippen LogP contribution in [-0.2, 0) is 38.4 Å². The SMILES string of the molecule is CC(C)C[C@@H]1NC(=O)[C@@H]2CCCN2C(=O)[C@H](CC(=O)O)NC(=O)[C@H](CCC(=O)O)NC(=O)[C@H](CCCN=C(N)N)NC(=O)[C@H](CCCCN)NC1=O. The van der Waals surface area contributed by atoms with Crippen molar-refractivity contribution in [1.82, 2.24) is 31.5 Å². The lowest BCUT2D eigenvalue weighted by molar-refractivity contribution is -0.146. The summed E-state index contributed by atoms with van der Waals surface area (Å²) in [5.74, 6) is -7.99. The van der Waals surface area contributed by atoms with Crippen LogP contribution >= 0.6 is 0 Å². The third kappa shape index (κ3) is 14.3. The molecule has 20 heteroatoms. The van der Waals surface area contributed by atoms with Crippen LogP contribution in [0.15, 0.2) is 4.99 Å². The zero-order chi connectivity index (χ0) is 39.0. The van der Waals surface area contributed by atoms with Crippen LogP contribution in [0.1, 0.15) is 84.5 Å². The fraction of sp³-hybridized carbons (Fsp3) is 0.719. The number of rotatable bonds is 15. The first kappa shape index (κ1) is 43.2. The molecule has 2 aliphatic rings. The molecule has 292 valence electrons. The van der Waals surface area contributed by atoms with Gasteiger partial charge in [-0.15, -0.1) is 0 Å². The Bertz CT molecular complexity index is 1340. The number of amides is 6. The largest absolute Gasteiger partial charge is 0.481 e. The van der Waals surface area contributed by atoms with E-state index in [1.165, 1.54) is 0 Å². The Morgan fingerprint density at radius 3 is 1.79 bits per heavy atom. The molecule has 0 radical (unpaired) electrons. The number of aliphatic carboxylic acids is 2. The summed E-state index contributed by atoms with van der Waals surface area (Å²) in [5, 5.41) is 31.7. The van der Waals surface area contributed by atoms with Crippen LogP contribution in [0, 0.1) is 5.92 Å². The molecule has 2 aliphatic heterocycles. The number of carboxylic acids is 2. The van der Waals surface area contributed by atoms with E-state index < -0.39 is 103 Å². The number of unbranched alkanes of at least 4 members (excludes halogenated alkanes) is 1. The number of aliphatic imine (C=N–C) groups is 1. The smallest absolute Gasteiger partial charge is 0.305 e. The zero-order valence-electron chi connectivity index (χ0n) is 29.7. The molecule has 6 atom stereocenters. The molecule has 0 spiro atoms. The second-order valence-corrected chi connectivity index (χ2v) is 13.4. The Morgan fingerprint density at radius 1 is 0.750 bits per heavy atom. The number of hydrogen-bond acceptors (Lipinski definition) is 10. The normalized spacial score (nSPS) is 25.1. The molecule has 20 nitrogen and oxygen atoms in total. The van der Waals surface area contributed by atoms with E-state index >= 15 is 0 Å². The predicted molar refractivity (Wildman–Crippen MR) is 186 cm³/mol. The highest BCUT2D eigenvalue weighted by atomic mass is 16.4. The summed E-state index contributed by atoms with van der Waals surface area (Å²) < 4.78 is 0. The van der Waals surface area contributed by atoms with Crippen molar-refractivity contribution in [2.24, 2.45) is 28.1 Å². The molecule has 0 unspecified atom stereocenters. The van der Waals surface area contributed by atoms with Gasteiger partial charge in [0, 0.05) is 19.5 Å². The molecular weight excluding hydrogens is 684 g/mol. The summed E-state index contributed by atoms with van der Waals surface area (Å²) in [4.78, 5) is 111. The number of carboxylic acid groups (broad SMARTS) is 2. The molecule has 0 saturated carbocycles. The number of nitrogens with two attached hydrogens (primary N) is 3. The van der Waals surface area contributed by atoms with E-state index in [0.29, 0.717) is 25.8 Å². The van der Waals surface area contributed by atoms with Crippen molar-refractivity contribution in [2.75, 3.05) is 19.6 Å². The Balaban J connectivity index is 2.64. The summed E-state index contributed by atoms with van der Waals surface area (Å²) in [6.07, 6.45) is -0.0552. The third-order valence-electron chi connectivity index (χ3n) is 8.61. The fourth-order valence-corrected chi connectivity index (χ4v) is 6.01. The maximum absolute atomic E-state index is 13.8. The molecule has 0 bridgehead atoms. The van der Waals surface area contributed by atoms with Crippen molar-refractivity contribution in [3.05, 3.63) is 0 Å². The number of hydrogen-bond donors (Lipinski definition) is 10. The molecular formula is C32H54N10O10. The average molecular weight is 739 g/mol. The van der Waals surface area contributed by atoms with Gasteiger partial charge in [-0.2, -0.15) is 0 Å². The molecule has 2 fully saturated rings. The van der Waals surface area contributed by atoms with E-state index in [2.05, 4.69) is 31.6 Å². The van der Waals surface area contributed by atoms with Crippen molar-refractivity contribution < 1.29 is 48.6 Å². The van der Waals surface area contributed by atoms with Crippen molar-refractivity contribution in [3.8, 4) is 0 Å². The summed E-state index contributed by atoms with van der Waals surface area (Å²) in [7, 11) is 0. The Kier molecular flexibility index (Phi) is 17.7. The van der Waals surface area contributed by atoms with Gasteiger partial charge in [-0.25, -0.2) is 0 Å². The third-order valence-corrected chi connectivity index (χ3v) is 8.61. The van der Waals surface area contributed by atoms with Gasteiger partial charge < -0.3 is 58.9 Å². The van der Waals surface area contributed by atoms with E-state index in [1.54, 1.807) is 0 Å². The van der Waals surface area contributed by atoms with E-state index in [1.807, 2.05) is 13.8 Å². The lowest BCUT2D eigenvalue weighted by Gasteiger charge is -2.31. The van der Waals surface area contributed by atoms with Gasteiger partial charge in [0.25, 0.3) is 0 Å². The highest BCUT2D eigenvalue weighted by molar-refractivity contribution is 5.99. The van der Waals surface area contributed by atoms with Gasteiger partial charge in [-0.05, 0) is 70.3 Å². The minimum atomic E-state index is -1.69. The Hall–Kier alpha value is -5.01. The second-order valence-electron chi connectivity index (χ2n) is 13.4. The van der Waals surface area contributed by atoms with Crippen LogP contribution in [0.5, 0.6) is 0 Å². The maximum atomic E-state index is 13.8. The molecule has 2 rings (SSSR count).